The molecule has 172 valence electrons. The van der Waals surface area contributed by atoms with Gasteiger partial charge in [-0.05, 0) is 55.2 Å². The molecule has 4 N–H and O–H groups in total. The Kier molecular flexibility index (Phi) is 7.38. The molecule has 4 rings (SSSR count). The predicted octanol–water partition coefficient (Wildman–Crippen LogP) is 5.40. The van der Waals surface area contributed by atoms with Gasteiger partial charge in [0.05, 0.1) is 11.1 Å². The van der Waals surface area contributed by atoms with Gasteiger partial charge in [-0.15, -0.1) is 0 Å². The van der Waals surface area contributed by atoms with E-state index in [1.807, 2.05) is 0 Å². The number of fused-ring (bicyclic) bond motifs is 2. The van der Waals surface area contributed by atoms with Crippen LogP contribution in [-0.2, 0) is 6.42 Å². The van der Waals surface area contributed by atoms with Crippen LogP contribution in [-0.4, -0.2) is 32.0 Å². The smallest absolute Gasteiger partial charge is 0.201 e. The Morgan fingerprint density at radius 3 is 2.12 bits per heavy atom. The topological polar surface area (TPSA) is 115 Å². The second-order valence-corrected chi connectivity index (χ2v) is 8.19. The van der Waals surface area contributed by atoms with E-state index < -0.39 is 5.78 Å². The quantitative estimate of drug-likeness (QED) is 0.304. The lowest BCUT2D eigenvalue weighted by molar-refractivity contribution is 0.0974. The number of ketones is 2. The zero-order valence-electron chi connectivity index (χ0n) is 18.8. The number of unbranched alkanes of at least 4 members (excludes halogenated alkanes) is 3. The van der Waals surface area contributed by atoms with E-state index in [2.05, 4.69) is 6.92 Å². The maximum absolute atomic E-state index is 12.3. The summed E-state index contributed by atoms with van der Waals surface area (Å²) in [4.78, 5) is 24.7. The van der Waals surface area contributed by atoms with Gasteiger partial charge in [-0.25, -0.2) is 0 Å². The highest BCUT2D eigenvalue weighted by atomic mass is 16.3. The third kappa shape index (κ3) is 5.17. The molecule has 6 heteroatoms. The van der Waals surface area contributed by atoms with Crippen molar-refractivity contribution < 1.29 is 30.0 Å². The summed E-state index contributed by atoms with van der Waals surface area (Å²) < 4.78 is 0. The van der Waals surface area contributed by atoms with Crippen LogP contribution < -0.4 is 0 Å². The molecule has 0 amide bonds. The minimum atomic E-state index is -0.528. The Morgan fingerprint density at radius 1 is 0.697 bits per heavy atom. The van der Waals surface area contributed by atoms with Crippen molar-refractivity contribution in [3.63, 3.8) is 0 Å². The van der Waals surface area contributed by atoms with E-state index in [0.717, 1.165) is 18.4 Å². The van der Waals surface area contributed by atoms with Crippen LogP contribution in [0.5, 0.6) is 23.0 Å². The first-order chi connectivity index (χ1) is 15.7. The normalized spacial score (nSPS) is 11.9. The Morgan fingerprint density at radius 2 is 1.42 bits per heavy atom. The molecule has 0 spiro atoms. The molecule has 1 aliphatic rings. The summed E-state index contributed by atoms with van der Waals surface area (Å²) in [6.45, 7) is 3.91. The highest BCUT2D eigenvalue weighted by Crippen LogP contribution is 2.36. The number of rotatable bonds is 5. The average molecular weight is 449 g/mol. The molecule has 0 atom stereocenters. The summed E-state index contributed by atoms with van der Waals surface area (Å²) in [5.41, 5.74) is 1.90. The minimum Gasteiger partial charge on any atom is -0.508 e. The van der Waals surface area contributed by atoms with Crippen LogP contribution in [0.2, 0.25) is 0 Å². The third-order valence-corrected chi connectivity index (χ3v) is 5.62. The Labute approximate surface area is 192 Å². The first kappa shape index (κ1) is 23.9. The molecule has 0 bridgehead atoms. The highest BCUT2D eigenvalue weighted by molar-refractivity contribution is 6.30. The number of carbonyl (C=O) groups excluding carboxylic acids is 2. The monoisotopic (exact) mass is 448 g/mol. The molecular weight excluding hydrogens is 420 g/mol. The zero-order valence-corrected chi connectivity index (χ0v) is 18.8. The number of aromatic hydroxyl groups is 4. The molecular formula is C27H28O6. The van der Waals surface area contributed by atoms with Gasteiger partial charge in [0.2, 0.25) is 5.78 Å². The van der Waals surface area contributed by atoms with Gasteiger partial charge in [0.1, 0.15) is 23.0 Å². The maximum atomic E-state index is 12.3. The fraction of sp³-hybridized carbons (Fsp3) is 0.259. The number of benzene rings is 3. The fourth-order valence-corrected chi connectivity index (χ4v) is 3.93. The third-order valence-electron chi connectivity index (χ3n) is 5.62. The van der Waals surface area contributed by atoms with Gasteiger partial charge in [-0.2, -0.15) is 0 Å². The van der Waals surface area contributed by atoms with Crippen LogP contribution in [0, 0.1) is 6.92 Å². The van der Waals surface area contributed by atoms with Crippen LogP contribution in [0.25, 0.3) is 0 Å². The first-order valence-electron chi connectivity index (χ1n) is 11.0. The summed E-state index contributed by atoms with van der Waals surface area (Å²) in [7, 11) is 0. The molecule has 6 nitrogen and oxygen atoms in total. The summed E-state index contributed by atoms with van der Waals surface area (Å²) in [6.07, 6.45) is 5.68. The van der Waals surface area contributed by atoms with Gasteiger partial charge < -0.3 is 20.4 Å². The predicted molar refractivity (Wildman–Crippen MR) is 125 cm³/mol. The second-order valence-electron chi connectivity index (χ2n) is 8.19. The number of carbonyl (C=O) groups is 2. The maximum Gasteiger partial charge on any atom is 0.201 e. The lowest BCUT2D eigenvalue weighted by Gasteiger charge is -2.19. The van der Waals surface area contributed by atoms with Crippen molar-refractivity contribution >= 4 is 11.6 Å². The number of hydrogen-bond donors (Lipinski definition) is 4. The van der Waals surface area contributed by atoms with Gasteiger partial charge in [-0.3, -0.25) is 9.59 Å². The fourth-order valence-electron chi connectivity index (χ4n) is 3.93. The minimum absolute atomic E-state index is 0.0374. The molecule has 0 unspecified atom stereocenters. The Bertz CT molecular complexity index is 1200. The SMILES string of the molecule is CCCCCCc1ccc(O)cc1O.Cc1cc(O)c2c(c1)C(=O)c1cccc(O)c1C2=O. The second kappa shape index (κ2) is 10.2. The van der Waals surface area contributed by atoms with E-state index in [0.29, 0.717) is 5.56 Å². The van der Waals surface area contributed by atoms with E-state index in [4.69, 9.17) is 5.11 Å². The van der Waals surface area contributed by atoms with E-state index in [-0.39, 0.29) is 51.0 Å². The zero-order chi connectivity index (χ0) is 24.1. The van der Waals surface area contributed by atoms with Gasteiger partial charge in [0, 0.05) is 17.2 Å². The standard InChI is InChI=1S/C15H10O4.C12H18O2/c1-7-5-9-13(11(17)6-7)15(19)12-8(14(9)18)3-2-4-10(12)16;1-2-3-4-5-6-10-7-8-11(13)9-12(10)14/h2-6,16-17H,1H3;7-9,13-14H,2-6H2,1H3. The van der Waals surface area contributed by atoms with E-state index in [1.54, 1.807) is 25.1 Å². The number of phenols is 4. The highest BCUT2D eigenvalue weighted by Gasteiger charge is 2.34. The molecule has 1 aliphatic carbocycles. The van der Waals surface area contributed by atoms with E-state index in [9.17, 15) is 24.9 Å². The summed E-state index contributed by atoms with van der Waals surface area (Å²) in [5.74, 6) is -1.04. The number of phenolic OH excluding ortho intramolecular Hbond substituents is 4. The molecule has 3 aromatic rings. The van der Waals surface area contributed by atoms with Crippen LogP contribution in [0.1, 0.15) is 75.6 Å². The van der Waals surface area contributed by atoms with Gasteiger partial charge in [-0.1, -0.05) is 44.4 Å². The van der Waals surface area contributed by atoms with Gasteiger partial charge >= 0.3 is 0 Å². The van der Waals surface area contributed by atoms with Crippen LogP contribution in [0.4, 0.5) is 0 Å². The van der Waals surface area contributed by atoms with Gasteiger partial charge in [0.15, 0.2) is 5.78 Å². The lowest BCUT2D eigenvalue weighted by atomic mass is 9.82. The van der Waals surface area contributed by atoms with Crippen LogP contribution in [0.3, 0.4) is 0 Å². The lowest BCUT2D eigenvalue weighted by Crippen LogP contribution is -2.21. The summed E-state index contributed by atoms with van der Waals surface area (Å²) in [6, 6.07) is 12.2. The molecule has 0 radical (unpaired) electrons. The van der Waals surface area contributed by atoms with Gasteiger partial charge in [0.25, 0.3) is 0 Å². The molecule has 33 heavy (non-hydrogen) atoms. The van der Waals surface area contributed by atoms with Crippen LogP contribution >= 0.6 is 0 Å². The van der Waals surface area contributed by atoms with Crippen molar-refractivity contribution in [1.29, 1.82) is 0 Å². The average Bonchev–Trinajstić information content (AvgIpc) is 2.76. The number of hydrogen-bond acceptors (Lipinski definition) is 6. The Balaban J connectivity index is 0.000000196. The number of aryl methyl sites for hydroxylation is 2. The summed E-state index contributed by atoms with van der Waals surface area (Å²) >= 11 is 0. The molecule has 0 aromatic heterocycles. The molecule has 3 aromatic carbocycles. The largest absolute Gasteiger partial charge is 0.508 e. The van der Waals surface area contributed by atoms with Crippen molar-refractivity contribution in [2.45, 2.75) is 46.0 Å². The Hall–Kier alpha value is -3.80. The van der Waals surface area contributed by atoms with E-state index in [1.165, 1.54) is 49.6 Å². The molecule has 0 saturated heterocycles. The molecule has 0 fully saturated rings. The van der Waals surface area contributed by atoms with Crippen molar-refractivity contribution in [2.24, 2.45) is 0 Å². The molecule has 0 saturated carbocycles. The van der Waals surface area contributed by atoms with Crippen LogP contribution in [0.15, 0.2) is 48.5 Å². The van der Waals surface area contributed by atoms with Crippen molar-refractivity contribution in [2.75, 3.05) is 0 Å². The first-order valence-corrected chi connectivity index (χ1v) is 11.0. The van der Waals surface area contributed by atoms with E-state index >= 15 is 0 Å². The van der Waals surface area contributed by atoms with Crippen molar-refractivity contribution in [1.82, 2.24) is 0 Å². The van der Waals surface area contributed by atoms with Crippen molar-refractivity contribution in [3.8, 4) is 23.0 Å². The molecule has 0 heterocycles. The van der Waals surface area contributed by atoms with Crippen molar-refractivity contribution in [3.05, 3.63) is 81.9 Å². The summed E-state index contributed by atoms with van der Waals surface area (Å²) in [5, 5.41) is 38.2. The molecule has 0 aliphatic heterocycles.